The van der Waals surface area contributed by atoms with Gasteiger partial charge in [-0.25, -0.2) is 17.7 Å². The standard InChI is InChI=1S/C12H14ClN5O7S2.Na/c1-5-8(11(21)18(5)27(22,23)24)16-10(20)9(17-25-2)6-4-26-12(14-6)15-7(19)3-13;/h4-5,8H,3H2,1-2H3,(H,16,20)(H,14,15,19)(H,22,23,24);/q;+1/p-1. The monoisotopic (exact) mass is 461 g/mol. The van der Waals surface area contributed by atoms with E-state index in [1.54, 1.807) is 0 Å². The Labute approximate surface area is 190 Å². The Morgan fingerprint density at radius 2 is 2.14 bits per heavy atom. The molecule has 1 fully saturated rings. The summed E-state index contributed by atoms with van der Waals surface area (Å²) in [6, 6.07) is -2.28. The molecule has 1 aromatic heterocycles. The smallest absolute Gasteiger partial charge is 0.731 e. The molecule has 2 heterocycles. The van der Waals surface area contributed by atoms with Gasteiger partial charge in [-0.2, -0.15) is 0 Å². The van der Waals surface area contributed by atoms with Crippen LogP contribution in [0.25, 0.3) is 0 Å². The molecule has 28 heavy (non-hydrogen) atoms. The van der Waals surface area contributed by atoms with E-state index in [1.165, 1.54) is 19.4 Å². The number of thiazole rings is 1. The van der Waals surface area contributed by atoms with Gasteiger partial charge in [-0.3, -0.25) is 14.4 Å². The van der Waals surface area contributed by atoms with Crippen LogP contribution in [0.4, 0.5) is 5.13 Å². The van der Waals surface area contributed by atoms with Gasteiger partial charge >= 0.3 is 29.6 Å². The Morgan fingerprint density at radius 3 is 2.64 bits per heavy atom. The van der Waals surface area contributed by atoms with E-state index in [-0.39, 0.29) is 56.3 Å². The van der Waals surface area contributed by atoms with Crippen LogP contribution in [-0.4, -0.2) is 70.8 Å². The van der Waals surface area contributed by atoms with E-state index in [1.807, 2.05) is 0 Å². The van der Waals surface area contributed by atoms with Crippen LogP contribution >= 0.6 is 22.9 Å². The molecule has 0 spiro atoms. The molecule has 148 valence electrons. The predicted octanol–water partition coefficient (Wildman–Crippen LogP) is -4.15. The number of carbonyl (C=O) groups is 3. The Bertz CT molecular complexity index is 906. The third-order valence-corrected chi connectivity index (χ3v) is 5.37. The average molecular weight is 462 g/mol. The molecule has 2 N–H and O–H groups in total. The number of β-lactam (4-membered cyclic amide) rings is 1. The van der Waals surface area contributed by atoms with Gasteiger partial charge in [-0.05, 0) is 6.92 Å². The van der Waals surface area contributed by atoms with Crippen molar-refractivity contribution >= 4 is 61.8 Å². The summed E-state index contributed by atoms with van der Waals surface area (Å²) in [7, 11) is -3.78. The molecule has 1 aliphatic rings. The number of carbonyl (C=O) groups excluding carboxylic acids is 3. The fourth-order valence-electron chi connectivity index (χ4n) is 2.19. The zero-order valence-electron chi connectivity index (χ0n) is 14.8. The van der Waals surface area contributed by atoms with Crippen molar-refractivity contribution in [2.45, 2.75) is 19.0 Å². The fourth-order valence-corrected chi connectivity index (χ4v) is 3.83. The maximum Gasteiger partial charge on any atom is 1.00 e. The molecule has 0 aliphatic carbocycles. The molecule has 2 rings (SSSR count). The number of hydrogen-bond donors (Lipinski definition) is 2. The largest absolute Gasteiger partial charge is 1.00 e. The van der Waals surface area contributed by atoms with Crippen molar-refractivity contribution < 1.29 is 61.7 Å². The topological polar surface area (TPSA) is 170 Å². The number of anilines is 1. The van der Waals surface area contributed by atoms with Gasteiger partial charge in [0.05, 0.1) is 6.04 Å². The summed E-state index contributed by atoms with van der Waals surface area (Å²) in [5, 5.41) is 9.77. The molecule has 0 aromatic carbocycles. The number of rotatable bonds is 7. The minimum Gasteiger partial charge on any atom is -0.731 e. The molecular weight excluding hydrogens is 449 g/mol. The molecule has 2 unspecified atom stereocenters. The van der Waals surface area contributed by atoms with E-state index < -0.39 is 40.1 Å². The van der Waals surface area contributed by atoms with Gasteiger partial charge in [0.1, 0.15) is 24.7 Å². The minimum absolute atomic E-state index is 0. The normalized spacial score (nSPS) is 19.4. The number of alkyl halides is 1. The van der Waals surface area contributed by atoms with Crippen molar-refractivity contribution in [2.75, 3.05) is 18.3 Å². The maximum atomic E-state index is 12.4. The summed E-state index contributed by atoms with van der Waals surface area (Å²) in [5.74, 6) is -2.73. The summed E-state index contributed by atoms with van der Waals surface area (Å²) in [6.07, 6.45) is 0. The second-order valence-electron chi connectivity index (χ2n) is 5.13. The van der Waals surface area contributed by atoms with Gasteiger partial charge in [-0.1, -0.05) is 5.16 Å². The third-order valence-electron chi connectivity index (χ3n) is 3.38. The van der Waals surface area contributed by atoms with Crippen molar-refractivity contribution in [3.63, 3.8) is 0 Å². The van der Waals surface area contributed by atoms with Crippen LogP contribution < -0.4 is 40.2 Å². The van der Waals surface area contributed by atoms with Crippen molar-refractivity contribution in [1.82, 2.24) is 14.6 Å². The van der Waals surface area contributed by atoms with Crippen LogP contribution in [0.5, 0.6) is 0 Å². The number of nitrogens with one attached hydrogen (secondary N) is 2. The fraction of sp³-hybridized carbons (Fsp3) is 0.417. The Balaban J connectivity index is 0.00000392. The second kappa shape index (κ2) is 9.96. The van der Waals surface area contributed by atoms with Gasteiger partial charge < -0.3 is 20.0 Å². The summed E-state index contributed by atoms with van der Waals surface area (Å²) in [6.45, 7) is 1.29. The van der Waals surface area contributed by atoms with E-state index in [4.69, 9.17) is 11.6 Å². The molecule has 1 saturated heterocycles. The summed E-state index contributed by atoms with van der Waals surface area (Å²) in [4.78, 5) is 44.1. The first-order chi connectivity index (χ1) is 12.6. The first kappa shape index (κ1) is 24.7. The van der Waals surface area contributed by atoms with Crippen molar-refractivity contribution in [1.29, 1.82) is 0 Å². The number of oxime groups is 1. The van der Waals surface area contributed by atoms with E-state index in [0.29, 0.717) is 0 Å². The van der Waals surface area contributed by atoms with E-state index in [0.717, 1.165) is 11.3 Å². The zero-order chi connectivity index (χ0) is 20.4. The van der Waals surface area contributed by atoms with Gasteiger partial charge in [0.15, 0.2) is 21.1 Å². The van der Waals surface area contributed by atoms with Crippen LogP contribution in [0.3, 0.4) is 0 Å². The van der Waals surface area contributed by atoms with Gasteiger partial charge in [0, 0.05) is 5.38 Å². The van der Waals surface area contributed by atoms with Crippen LogP contribution in [0.15, 0.2) is 10.5 Å². The van der Waals surface area contributed by atoms with Crippen molar-refractivity contribution in [2.24, 2.45) is 5.16 Å². The number of nitrogens with zero attached hydrogens (tertiary/aromatic N) is 3. The summed E-state index contributed by atoms with van der Waals surface area (Å²) >= 11 is 6.37. The Hall–Kier alpha value is -1.29. The SMILES string of the molecule is CON=C(C(=O)NC1C(=O)N(S(=O)(=O)[O-])C1C)c1csc(NC(=O)CCl)n1.[Na+]. The second-order valence-corrected chi connectivity index (χ2v) is 7.50. The van der Waals surface area contributed by atoms with Crippen LogP contribution in [0.2, 0.25) is 0 Å². The van der Waals surface area contributed by atoms with E-state index in [2.05, 4.69) is 25.6 Å². The molecule has 2 atom stereocenters. The number of halogens is 1. The molecule has 0 radical (unpaired) electrons. The van der Waals surface area contributed by atoms with Gasteiger partial charge in [0.25, 0.3) is 11.8 Å². The van der Waals surface area contributed by atoms with Crippen molar-refractivity contribution in [3.05, 3.63) is 11.1 Å². The number of amides is 3. The minimum atomic E-state index is -4.96. The maximum absolute atomic E-state index is 12.4. The molecule has 3 amide bonds. The molecular formula is C12H13ClN5NaO7S2. The van der Waals surface area contributed by atoms with E-state index >= 15 is 0 Å². The van der Waals surface area contributed by atoms with E-state index in [9.17, 15) is 27.4 Å². The summed E-state index contributed by atoms with van der Waals surface area (Å²) in [5.41, 5.74) is -0.277. The van der Waals surface area contributed by atoms with Crippen LogP contribution in [0, 0.1) is 0 Å². The van der Waals surface area contributed by atoms with Crippen LogP contribution in [0.1, 0.15) is 12.6 Å². The predicted molar refractivity (Wildman–Crippen MR) is 92.9 cm³/mol. The number of aromatic nitrogens is 1. The average Bonchev–Trinajstić information content (AvgIpc) is 3.04. The molecule has 0 saturated carbocycles. The summed E-state index contributed by atoms with van der Waals surface area (Å²) < 4.78 is 33.1. The first-order valence-corrected chi connectivity index (χ1v) is 9.91. The first-order valence-electron chi connectivity index (χ1n) is 7.13. The molecule has 12 nitrogen and oxygen atoms in total. The Kier molecular flexibility index (Phi) is 8.80. The third kappa shape index (κ3) is 5.40. The quantitative estimate of drug-likeness (QED) is 0.103. The molecule has 0 bridgehead atoms. The van der Waals surface area contributed by atoms with Gasteiger partial charge in [-0.15, -0.1) is 22.9 Å². The van der Waals surface area contributed by atoms with Gasteiger partial charge in [0.2, 0.25) is 5.91 Å². The van der Waals surface area contributed by atoms with Crippen LogP contribution in [-0.2, 0) is 29.5 Å². The molecule has 1 aromatic rings. The molecule has 1 aliphatic heterocycles. The molecule has 16 heteroatoms. The van der Waals surface area contributed by atoms with Crippen molar-refractivity contribution in [3.8, 4) is 0 Å². The Morgan fingerprint density at radius 1 is 1.50 bits per heavy atom. The zero-order valence-corrected chi connectivity index (χ0v) is 19.2. The number of hydrogen-bond acceptors (Lipinski definition) is 10.